The molecule has 1 aromatic carbocycles. The molecule has 2 atom stereocenters. The number of aromatic carboxylic acids is 1. The van der Waals surface area contributed by atoms with Gasteiger partial charge in [0.05, 0.1) is 24.4 Å². The van der Waals surface area contributed by atoms with Crippen molar-refractivity contribution < 1.29 is 23.8 Å². The first kappa shape index (κ1) is 17.0. The van der Waals surface area contributed by atoms with Crippen LogP contribution in [0.15, 0.2) is 41.0 Å². The summed E-state index contributed by atoms with van der Waals surface area (Å²) in [5.41, 5.74) is 0.940. The molecular formula is C18H19N2O5-. The van der Waals surface area contributed by atoms with Gasteiger partial charge in [0.1, 0.15) is 0 Å². The molecule has 1 aromatic heterocycles. The van der Waals surface area contributed by atoms with Crippen LogP contribution in [0.1, 0.15) is 34.8 Å². The van der Waals surface area contributed by atoms with Crippen molar-refractivity contribution in [3.8, 4) is 0 Å². The fourth-order valence-electron chi connectivity index (χ4n) is 3.03. The molecule has 0 unspecified atom stereocenters. The topological polar surface area (TPSA) is 94.8 Å². The van der Waals surface area contributed by atoms with E-state index in [1.165, 1.54) is 18.4 Å². The van der Waals surface area contributed by atoms with Crippen molar-refractivity contribution in [2.75, 3.05) is 23.3 Å². The van der Waals surface area contributed by atoms with Gasteiger partial charge in [-0.15, -0.1) is 0 Å². The Morgan fingerprint density at radius 3 is 2.52 bits per heavy atom. The summed E-state index contributed by atoms with van der Waals surface area (Å²) in [4.78, 5) is 25.6. The van der Waals surface area contributed by atoms with Crippen LogP contribution in [0.5, 0.6) is 0 Å². The molecule has 25 heavy (non-hydrogen) atoms. The minimum Gasteiger partial charge on any atom is -0.545 e. The fourth-order valence-corrected chi connectivity index (χ4v) is 3.03. The smallest absolute Gasteiger partial charge is 0.291 e. The summed E-state index contributed by atoms with van der Waals surface area (Å²) in [6, 6.07) is 7.86. The van der Waals surface area contributed by atoms with Gasteiger partial charge in [0.2, 0.25) is 0 Å². The summed E-state index contributed by atoms with van der Waals surface area (Å²) >= 11 is 0. The van der Waals surface area contributed by atoms with Crippen molar-refractivity contribution in [3.05, 3.63) is 47.9 Å². The Morgan fingerprint density at radius 1 is 1.20 bits per heavy atom. The monoisotopic (exact) mass is 343 g/mol. The molecule has 1 aliphatic heterocycles. The Kier molecular flexibility index (Phi) is 4.76. The number of carbonyl (C=O) groups excluding carboxylic acids is 2. The highest BCUT2D eigenvalue weighted by Crippen LogP contribution is 2.27. The van der Waals surface area contributed by atoms with E-state index >= 15 is 0 Å². The van der Waals surface area contributed by atoms with E-state index in [0.717, 1.165) is 0 Å². The molecule has 2 heterocycles. The summed E-state index contributed by atoms with van der Waals surface area (Å²) in [6.45, 7) is 5.06. The first-order chi connectivity index (χ1) is 11.9. The van der Waals surface area contributed by atoms with E-state index in [9.17, 15) is 14.7 Å². The van der Waals surface area contributed by atoms with Crippen LogP contribution in [0.4, 0.5) is 11.4 Å². The fraction of sp³-hybridized carbons (Fsp3) is 0.333. The summed E-state index contributed by atoms with van der Waals surface area (Å²) < 4.78 is 10.7. The van der Waals surface area contributed by atoms with Gasteiger partial charge in [-0.05, 0) is 44.2 Å². The number of morpholine rings is 1. The van der Waals surface area contributed by atoms with Gasteiger partial charge >= 0.3 is 0 Å². The van der Waals surface area contributed by atoms with E-state index in [1.807, 2.05) is 18.7 Å². The van der Waals surface area contributed by atoms with Crippen LogP contribution in [-0.2, 0) is 4.74 Å². The summed E-state index contributed by atoms with van der Waals surface area (Å²) in [5.74, 6) is -1.60. The summed E-state index contributed by atoms with van der Waals surface area (Å²) in [6.07, 6.45) is 1.39. The quantitative estimate of drug-likeness (QED) is 0.904. The Labute approximate surface area is 145 Å². The molecule has 7 heteroatoms. The first-order valence-electron chi connectivity index (χ1n) is 8.04. The normalized spacial score (nSPS) is 20.3. The summed E-state index contributed by atoms with van der Waals surface area (Å²) in [5, 5.41) is 14.2. The largest absolute Gasteiger partial charge is 0.545 e. The van der Waals surface area contributed by atoms with Crippen molar-refractivity contribution in [3.63, 3.8) is 0 Å². The zero-order valence-electron chi connectivity index (χ0n) is 14.0. The van der Waals surface area contributed by atoms with Crippen LogP contribution in [-0.4, -0.2) is 37.2 Å². The summed E-state index contributed by atoms with van der Waals surface area (Å²) in [7, 11) is 0. The van der Waals surface area contributed by atoms with Crippen LogP contribution < -0.4 is 15.3 Å². The molecule has 2 aromatic rings. The minimum absolute atomic E-state index is 0.00307. The zero-order chi connectivity index (χ0) is 18.0. The van der Waals surface area contributed by atoms with Gasteiger partial charge in [0.25, 0.3) is 5.91 Å². The van der Waals surface area contributed by atoms with Gasteiger partial charge < -0.3 is 29.3 Å². The zero-order valence-corrected chi connectivity index (χ0v) is 14.0. The van der Waals surface area contributed by atoms with E-state index < -0.39 is 11.9 Å². The van der Waals surface area contributed by atoms with Crippen molar-refractivity contribution in [1.82, 2.24) is 0 Å². The molecule has 0 bridgehead atoms. The number of hydrogen-bond donors (Lipinski definition) is 1. The number of rotatable bonds is 4. The third kappa shape index (κ3) is 3.83. The number of carboxylic acid groups (broad SMARTS) is 1. The predicted octanol–water partition coefficient (Wildman–Crippen LogP) is 1.51. The minimum atomic E-state index is -1.30. The SMILES string of the molecule is C[C@@H]1CN(c2ccc(NC(=O)c3ccco3)cc2C(=O)[O-])C[C@H](C)O1. The lowest BCUT2D eigenvalue weighted by molar-refractivity contribution is -0.254. The molecule has 3 rings (SSSR count). The van der Waals surface area contributed by atoms with E-state index in [4.69, 9.17) is 9.15 Å². The second-order valence-electron chi connectivity index (χ2n) is 6.11. The van der Waals surface area contributed by atoms with Crippen LogP contribution in [0.3, 0.4) is 0 Å². The lowest BCUT2D eigenvalue weighted by Crippen LogP contribution is -2.46. The van der Waals surface area contributed by atoms with Crippen molar-refractivity contribution in [2.24, 2.45) is 0 Å². The van der Waals surface area contributed by atoms with Crippen LogP contribution >= 0.6 is 0 Å². The molecule has 0 saturated carbocycles. The second kappa shape index (κ2) is 6.98. The Balaban J connectivity index is 1.85. The number of ether oxygens (including phenoxy) is 1. The number of hydrogen-bond acceptors (Lipinski definition) is 6. The van der Waals surface area contributed by atoms with Gasteiger partial charge in [-0.3, -0.25) is 4.79 Å². The van der Waals surface area contributed by atoms with Gasteiger partial charge in [-0.25, -0.2) is 0 Å². The van der Waals surface area contributed by atoms with E-state index in [0.29, 0.717) is 24.5 Å². The van der Waals surface area contributed by atoms with E-state index in [1.54, 1.807) is 18.2 Å². The molecule has 1 fully saturated rings. The average Bonchev–Trinajstić information content (AvgIpc) is 3.08. The maximum atomic E-state index is 12.0. The van der Waals surface area contributed by atoms with E-state index in [2.05, 4.69) is 5.32 Å². The van der Waals surface area contributed by atoms with Gasteiger partial charge in [-0.1, -0.05) is 0 Å². The number of carboxylic acids is 1. The first-order valence-corrected chi connectivity index (χ1v) is 8.04. The third-order valence-electron chi connectivity index (χ3n) is 3.98. The number of nitrogens with zero attached hydrogens (tertiary/aromatic N) is 1. The highest BCUT2D eigenvalue weighted by Gasteiger charge is 2.24. The molecule has 7 nitrogen and oxygen atoms in total. The van der Waals surface area contributed by atoms with Crippen LogP contribution in [0.25, 0.3) is 0 Å². The number of carbonyl (C=O) groups is 2. The third-order valence-corrected chi connectivity index (χ3v) is 3.98. The number of furan rings is 1. The number of anilines is 2. The van der Waals surface area contributed by atoms with Crippen molar-refractivity contribution in [1.29, 1.82) is 0 Å². The molecule has 1 aliphatic rings. The maximum Gasteiger partial charge on any atom is 0.291 e. The lowest BCUT2D eigenvalue weighted by atomic mass is 10.1. The molecule has 0 aliphatic carbocycles. The molecule has 1 saturated heterocycles. The maximum absolute atomic E-state index is 12.0. The molecule has 1 amide bonds. The van der Waals surface area contributed by atoms with Gasteiger partial charge in [0, 0.05) is 30.0 Å². The van der Waals surface area contributed by atoms with Gasteiger partial charge in [0.15, 0.2) is 5.76 Å². The number of nitrogens with one attached hydrogen (secondary N) is 1. The number of benzene rings is 1. The average molecular weight is 343 g/mol. The Hall–Kier alpha value is -2.80. The highest BCUT2D eigenvalue weighted by atomic mass is 16.5. The Morgan fingerprint density at radius 2 is 1.92 bits per heavy atom. The number of amides is 1. The lowest BCUT2D eigenvalue weighted by Gasteiger charge is -2.38. The van der Waals surface area contributed by atoms with Crippen molar-refractivity contribution >= 4 is 23.3 Å². The van der Waals surface area contributed by atoms with Crippen LogP contribution in [0, 0.1) is 0 Å². The van der Waals surface area contributed by atoms with Gasteiger partial charge in [-0.2, -0.15) is 0 Å². The molecule has 0 spiro atoms. The predicted molar refractivity (Wildman–Crippen MR) is 89.7 cm³/mol. The Bertz CT molecular complexity index is 762. The molecule has 1 N–H and O–H groups in total. The highest BCUT2D eigenvalue weighted by molar-refractivity contribution is 6.03. The van der Waals surface area contributed by atoms with Crippen LogP contribution in [0.2, 0.25) is 0 Å². The molecule has 0 radical (unpaired) electrons. The van der Waals surface area contributed by atoms with E-state index in [-0.39, 0.29) is 23.5 Å². The standard InChI is InChI=1S/C18H20N2O5/c1-11-9-20(10-12(2)25-11)15-6-5-13(8-14(15)18(22)23)19-17(21)16-4-3-7-24-16/h3-8,11-12H,9-10H2,1-2H3,(H,19,21)(H,22,23)/p-1/t11-,12+. The second-order valence-corrected chi connectivity index (χ2v) is 6.11. The molecular weight excluding hydrogens is 324 g/mol. The molecule has 132 valence electrons. The van der Waals surface area contributed by atoms with Crippen molar-refractivity contribution in [2.45, 2.75) is 26.1 Å².